The van der Waals surface area contributed by atoms with E-state index in [2.05, 4.69) is 15.2 Å². The molecule has 1 atom stereocenters. The van der Waals surface area contributed by atoms with Crippen LogP contribution < -0.4 is 5.32 Å². The lowest BCUT2D eigenvalue weighted by molar-refractivity contribution is 0.157. The molecule has 1 saturated heterocycles. The van der Waals surface area contributed by atoms with E-state index in [-0.39, 0.29) is 29.7 Å². The zero-order valence-electron chi connectivity index (χ0n) is 12.9. The third-order valence-corrected chi connectivity index (χ3v) is 3.66. The van der Waals surface area contributed by atoms with E-state index in [1.807, 2.05) is 0 Å². The Morgan fingerprint density at radius 2 is 2.32 bits per heavy atom. The second-order valence-corrected chi connectivity index (χ2v) is 5.24. The Bertz CT molecular complexity index is 514. The number of halogens is 2. The molecule has 5 nitrogen and oxygen atoms in total. The van der Waals surface area contributed by atoms with Gasteiger partial charge in [-0.1, -0.05) is 6.07 Å². The molecule has 0 spiro atoms. The van der Waals surface area contributed by atoms with Crippen molar-refractivity contribution in [2.75, 3.05) is 33.9 Å². The van der Waals surface area contributed by atoms with Crippen LogP contribution in [-0.4, -0.2) is 49.8 Å². The molecule has 7 heteroatoms. The number of hydrogen-bond acceptors (Lipinski definition) is 3. The first kappa shape index (κ1) is 19.0. The molecule has 1 aliphatic heterocycles. The molecule has 124 valence electrons. The van der Waals surface area contributed by atoms with Gasteiger partial charge in [0.25, 0.3) is 0 Å². The molecule has 0 aliphatic carbocycles. The van der Waals surface area contributed by atoms with E-state index < -0.39 is 5.82 Å². The number of benzene rings is 1. The number of likely N-dealkylation sites (tertiary alicyclic amines) is 1. The third-order valence-electron chi connectivity index (χ3n) is 3.66. The number of methoxy groups -OCH3 is 1. The first-order valence-electron chi connectivity index (χ1n) is 7.06. The van der Waals surface area contributed by atoms with Crippen molar-refractivity contribution in [1.29, 1.82) is 0 Å². The van der Waals surface area contributed by atoms with Crippen LogP contribution in [0.1, 0.15) is 12.0 Å². The topological polar surface area (TPSA) is 57.1 Å². The number of nitrogens with one attached hydrogen (secondary N) is 1. The molecule has 1 unspecified atom stereocenters. The van der Waals surface area contributed by atoms with Gasteiger partial charge in [0, 0.05) is 39.7 Å². The minimum Gasteiger partial charge on any atom is -0.505 e. The summed E-state index contributed by atoms with van der Waals surface area (Å²) >= 11 is 0. The molecule has 1 heterocycles. The van der Waals surface area contributed by atoms with Crippen molar-refractivity contribution < 1.29 is 14.2 Å². The summed E-state index contributed by atoms with van der Waals surface area (Å²) in [4.78, 5) is 6.45. The highest BCUT2D eigenvalue weighted by atomic mass is 127. The highest BCUT2D eigenvalue weighted by molar-refractivity contribution is 14.0. The fourth-order valence-electron chi connectivity index (χ4n) is 2.57. The van der Waals surface area contributed by atoms with Crippen LogP contribution in [0.2, 0.25) is 0 Å². The lowest BCUT2D eigenvalue weighted by atomic mass is 10.1. The summed E-state index contributed by atoms with van der Waals surface area (Å²) in [5.41, 5.74) is 0.763. The summed E-state index contributed by atoms with van der Waals surface area (Å²) in [6.07, 6.45) is 1.09. The van der Waals surface area contributed by atoms with Gasteiger partial charge in [-0.3, -0.25) is 4.99 Å². The standard InChI is InChI=1S/C15H22FN3O2.HI/c1-17-15(19-6-5-12(9-19)10-21-2)18-8-11-3-4-14(20)13(16)7-11;/h3-4,7,12,20H,5-6,8-10H2,1-2H3,(H,17,18);1H. The SMILES string of the molecule is CN=C(NCc1ccc(O)c(F)c1)N1CCC(COC)C1.I. The monoisotopic (exact) mass is 423 g/mol. The molecule has 1 aliphatic rings. The maximum atomic E-state index is 13.3. The van der Waals surface area contributed by atoms with Crippen LogP contribution in [0.3, 0.4) is 0 Å². The molecular formula is C15H23FIN3O2. The van der Waals surface area contributed by atoms with Gasteiger partial charge in [0.2, 0.25) is 0 Å². The predicted octanol–water partition coefficient (Wildman–Crippen LogP) is 2.19. The highest BCUT2D eigenvalue weighted by Crippen LogP contribution is 2.18. The molecule has 0 aromatic heterocycles. The van der Waals surface area contributed by atoms with E-state index in [0.717, 1.165) is 37.6 Å². The molecule has 22 heavy (non-hydrogen) atoms. The lowest BCUT2D eigenvalue weighted by Gasteiger charge is -2.21. The van der Waals surface area contributed by atoms with E-state index in [1.54, 1.807) is 20.2 Å². The summed E-state index contributed by atoms with van der Waals surface area (Å²) < 4.78 is 18.5. The summed E-state index contributed by atoms with van der Waals surface area (Å²) in [5.74, 6) is 0.400. The van der Waals surface area contributed by atoms with Gasteiger partial charge < -0.3 is 20.1 Å². The Labute approximate surface area is 147 Å². The van der Waals surface area contributed by atoms with E-state index >= 15 is 0 Å². The van der Waals surface area contributed by atoms with Gasteiger partial charge in [-0.25, -0.2) is 4.39 Å². The number of phenolic OH excluding ortho intramolecular Hbond substituents is 1. The van der Waals surface area contributed by atoms with Crippen molar-refractivity contribution >= 4 is 29.9 Å². The maximum absolute atomic E-state index is 13.3. The van der Waals surface area contributed by atoms with Crippen molar-refractivity contribution in [3.63, 3.8) is 0 Å². The molecule has 2 rings (SSSR count). The Balaban J connectivity index is 0.00000242. The van der Waals surface area contributed by atoms with E-state index in [4.69, 9.17) is 4.74 Å². The normalized spacial score (nSPS) is 18.2. The number of guanidine groups is 1. The van der Waals surface area contributed by atoms with Gasteiger partial charge >= 0.3 is 0 Å². The zero-order chi connectivity index (χ0) is 15.2. The van der Waals surface area contributed by atoms with Crippen LogP contribution in [-0.2, 0) is 11.3 Å². The van der Waals surface area contributed by atoms with Gasteiger partial charge in [0.05, 0.1) is 6.61 Å². The van der Waals surface area contributed by atoms with Crippen molar-refractivity contribution in [3.8, 4) is 5.75 Å². The summed E-state index contributed by atoms with van der Waals surface area (Å²) in [7, 11) is 3.46. The molecule has 1 aromatic carbocycles. The van der Waals surface area contributed by atoms with Crippen LogP contribution in [0.15, 0.2) is 23.2 Å². The first-order chi connectivity index (χ1) is 10.1. The Morgan fingerprint density at radius 1 is 1.55 bits per heavy atom. The average Bonchev–Trinajstić information content (AvgIpc) is 2.92. The number of ether oxygens (including phenoxy) is 1. The number of aromatic hydroxyl groups is 1. The van der Waals surface area contributed by atoms with Crippen molar-refractivity contribution in [2.45, 2.75) is 13.0 Å². The smallest absolute Gasteiger partial charge is 0.193 e. The fourth-order valence-corrected chi connectivity index (χ4v) is 2.57. The molecular weight excluding hydrogens is 400 g/mol. The predicted molar refractivity (Wildman–Crippen MR) is 95.2 cm³/mol. The summed E-state index contributed by atoms with van der Waals surface area (Å²) in [6, 6.07) is 4.38. The maximum Gasteiger partial charge on any atom is 0.193 e. The fraction of sp³-hybridized carbons (Fsp3) is 0.533. The zero-order valence-corrected chi connectivity index (χ0v) is 15.2. The highest BCUT2D eigenvalue weighted by Gasteiger charge is 2.24. The molecule has 0 saturated carbocycles. The second-order valence-electron chi connectivity index (χ2n) is 5.24. The number of rotatable bonds is 4. The minimum atomic E-state index is -0.606. The minimum absolute atomic E-state index is 0. The quantitative estimate of drug-likeness (QED) is 0.443. The number of hydrogen-bond donors (Lipinski definition) is 2. The van der Waals surface area contributed by atoms with E-state index in [9.17, 15) is 9.50 Å². The average molecular weight is 423 g/mol. The van der Waals surface area contributed by atoms with E-state index in [1.165, 1.54) is 12.1 Å². The molecule has 0 amide bonds. The summed E-state index contributed by atoms with van der Waals surface area (Å²) in [6.45, 7) is 3.08. The van der Waals surface area contributed by atoms with Crippen LogP contribution >= 0.6 is 24.0 Å². The molecule has 2 N–H and O–H groups in total. The molecule has 0 bridgehead atoms. The van der Waals surface area contributed by atoms with Gasteiger partial charge in [-0.05, 0) is 24.1 Å². The molecule has 1 aromatic rings. The molecule has 1 fully saturated rings. The van der Waals surface area contributed by atoms with Crippen LogP contribution in [0.4, 0.5) is 4.39 Å². The van der Waals surface area contributed by atoms with Gasteiger partial charge in [0.1, 0.15) is 0 Å². The third kappa shape index (κ3) is 4.98. The second kappa shape index (κ2) is 9.14. The van der Waals surface area contributed by atoms with Gasteiger partial charge in [-0.15, -0.1) is 24.0 Å². The van der Waals surface area contributed by atoms with Gasteiger partial charge in [-0.2, -0.15) is 0 Å². The largest absolute Gasteiger partial charge is 0.505 e. The first-order valence-corrected chi connectivity index (χ1v) is 7.06. The Hall–Kier alpha value is -1.09. The summed E-state index contributed by atoms with van der Waals surface area (Å²) in [5, 5.41) is 12.4. The number of phenols is 1. The van der Waals surface area contributed by atoms with Gasteiger partial charge in [0.15, 0.2) is 17.5 Å². The van der Waals surface area contributed by atoms with Crippen LogP contribution in [0.25, 0.3) is 0 Å². The number of aliphatic imine (C=N–C) groups is 1. The van der Waals surface area contributed by atoms with Crippen LogP contribution in [0.5, 0.6) is 5.75 Å². The van der Waals surface area contributed by atoms with Crippen molar-refractivity contribution in [3.05, 3.63) is 29.6 Å². The Morgan fingerprint density at radius 3 is 2.95 bits per heavy atom. The van der Waals surface area contributed by atoms with Crippen molar-refractivity contribution in [1.82, 2.24) is 10.2 Å². The number of nitrogens with zero attached hydrogens (tertiary/aromatic N) is 2. The van der Waals surface area contributed by atoms with E-state index in [0.29, 0.717) is 12.5 Å². The van der Waals surface area contributed by atoms with Crippen molar-refractivity contribution in [2.24, 2.45) is 10.9 Å². The molecule has 0 radical (unpaired) electrons. The van der Waals surface area contributed by atoms with Crippen LogP contribution in [0, 0.1) is 11.7 Å². The lowest BCUT2D eigenvalue weighted by Crippen LogP contribution is -2.39. The Kier molecular flexibility index (Phi) is 7.88.